The van der Waals surface area contributed by atoms with E-state index in [4.69, 9.17) is 16.9 Å². The normalized spacial score (nSPS) is 10.0. The van der Waals surface area contributed by atoms with E-state index in [0.29, 0.717) is 28.6 Å². The monoisotopic (exact) mass is 330 g/mol. The lowest BCUT2D eigenvalue weighted by molar-refractivity contribution is -0.118. The van der Waals surface area contributed by atoms with Gasteiger partial charge in [0.15, 0.2) is 0 Å². The van der Waals surface area contributed by atoms with Crippen LogP contribution in [0, 0.1) is 11.3 Å². The summed E-state index contributed by atoms with van der Waals surface area (Å²) in [5.41, 5.74) is 2.51. The molecule has 0 saturated carbocycles. The number of hydrogen-bond donors (Lipinski definition) is 1. The Hall–Kier alpha value is -1.96. The van der Waals surface area contributed by atoms with E-state index in [2.05, 4.69) is 11.4 Å². The minimum Gasteiger partial charge on any atom is -0.351 e. The zero-order valence-electron chi connectivity index (χ0n) is 11.9. The molecule has 22 heavy (non-hydrogen) atoms. The molecule has 0 aromatic heterocycles. The van der Waals surface area contributed by atoms with Crippen LogP contribution in [0.4, 0.5) is 0 Å². The fourth-order valence-electron chi connectivity index (χ4n) is 1.90. The fourth-order valence-corrected chi connectivity index (χ4v) is 2.96. The number of carbonyl (C=O) groups is 1. The summed E-state index contributed by atoms with van der Waals surface area (Å²) in [6.45, 7) is 0.424. The van der Waals surface area contributed by atoms with Gasteiger partial charge >= 0.3 is 0 Å². The largest absolute Gasteiger partial charge is 0.351 e. The molecule has 0 saturated heterocycles. The Bertz CT molecular complexity index is 697. The van der Waals surface area contributed by atoms with Crippen molar-refractivity contribution in [1.29, 1.82) is 5.26 Å². The van der Waals surface area contributed by atoms with Crippen LogP contribution in [0.3, 0.4) is 0 Å². The molecule has 2 aromatic rings. The molecule has 112 valence electrons. The molecule has 3 nitrogen and oxygen atoms in total. The highest BCUT2D eigenvalue weighted by Gasteiger charge is 2.06. The lowest BCUT2D eigenvalue weighted by Gasteiger charge is -2.07. The molecular formula is C17H15ClN2OS. The van der Waals surface area contributed by atoms with Crippen LogP contribution in [0.2, 0.25) is 5.02 Å². The molecule has 0 aliphatic carbocycles. The van der Waals surface area contributed by atoms with Crippen molar-refractivity contribution in [3.63, 3.8) is 0 Å². The quantitative estimate of drug-likeness (QED) is 0.877. The Labute approximate surface area is 139 Å². The first-order valence-electron chi connectivity index (χ1n) is 6.76. The van der Waals surface area contributed by atoms with Gasteiger partial charge in [0.25, 0.3) is 0 Å². The van der Waals surface area contributed by atoms with E-state index in [-0.39, 0.29) is 5.91 Å². The number of thioether (sulfide) groups is 1. The SMILES string of the molecule is N#Cc1ccccc1CSCC(=O)NCc1ccccc1Cl. The first kappa shape index (κ1) is 16.4. The Morgan fingerprint density at radius 1 is 1.14 bits per heavy atom. The molecule has 1 amide bonds. The van der Waals surface area contributed by atoms with Gasteiger partial charge in [-0.1, -0.05) is 48.0 Å². The number of nitrogens with zero attached hydrogens (tertiary/aromatic N) is 1. The summed E-state index contributed by atoms with van der Waals surface area (Å²) in [5.74, 6) is 0.951. The maximum Gasteiger partial charge on any atom is 0.230 e. The Kier molecular flexibility index (Phi) is 6.32. The third-order valence-electron chi connectivity index (χ3n) is 3.06. The van der Waals surface area contributed by atoms with Gasteiger partial charge in [-0.15, -0.1) is 11.8 Å². The standard InChI is InChI=1S/C17H15ClN2OS/c18-16-8-4-3-6-14(16)10-20-17(21)12-22-11-15-7-2-1-5-13(15)9-19/h1-8H,10-12H2,(H,20,21). The van der Waals surface area contributed by atoms with Crippen molar-refractivity contribution >= 4 is 29.3 Å². The Morgan fingerprint density at radius 2 is 1.82 bits per heavy atom. The molecule has 0 fully saturated rings. The van der Waals surface area contributed by atoms with Crippen molar-refractivity contribution in [3.05, 3.63) is 70.2 Å². The van der Waals surface area contributed by atoms with Crippen LogP contribution in [-0.4, -0.2) is 11.7 Å². The molecule has 2 rings (SSSR count). The van der Waals surface area contributed by atoms with Crippen LogP contribution in [0.15, 0.2) is 48.5 Å². The summed E-state index contributed by atoms with van der Waals surface area (Å²) in [4.78, 5) is 11.8. The molecule has 0 heterocycles. The molecule has 0 aliphatic rings. The second kappa shape index (κ2) is 8.47. The van der Waals surface area contributed by atoms with E-state index < -0.39 is 0 Å². The number of nitrogens with one attached hydrogen (secondary N) is 1. The average molecular weight is 331 g/mol. The summed E-state index contributed by atoms with van der Waals surface area (Å²) in [6, 6.07) is 17.0. The van der Waals surface area contributed by atoms with Crippen LogP contribution in [0.25, 0.3) is 0 Å². The van der Waals surface area contributed by atoms with Gasteiger partial charge < -0.3 is 5.32 Å². The number of benzene rings is 2. The molecule has 0 atom stereocenters. The minimum atomic E-state index is -0.0423. The number of carbonyl (C=O) groups excluding carboxylic acids is 1. The van der Waals surface area contributed by atoms with E-state index in [0.717, 1.165) is 11.1 Å². The van der Waals surface area contributed by atoms with Crippen molar-refractivity contribution < 1.29 is 4.79 Å². The van der Waals surface area contributed by atoms with Crippen LogP contribution >= 0.6 is 23.4 Å². The lowest BCUT2D eigenvalue weighted by atomic mass is 10.1. The van der Waals surface area contributed by atoms with Crippen LogP contribution in [0.1, 0.15) is 16.7 Å². The fraction of sp³-hybridized carbons (Fsp3) is 0.176. The molecule has 0 aliphatic heterocycles. The van der Waals surface area contributed by atoms with Gasteiger partial charge in [-0.05, 0) is 23.3 Å². The zero-order valence-corrected chi connectivity index (χ0v) is 13.5. The van der Waals surface area contributed by atoms with E-state index in [9.17, 15) is 4.79 Å². The van der Waals surface area contributed by atoms with Crippen molar-refractivity contribution in [3.8, 4) is 6.07 Å². The van der Waals surface area contributed by atoms with Gasteiger partial charge in [-0.3, -0.25) is 4.79 Å². The number of rotatable bonds is 6. The third kappa shape index (κ3) is 4.80. The summed E-state index contributed by atoms with van der Waals surface area (Å²) < 4.78 is 0. The van der Waals surface area contributed by atoms with Gasteiger partial charge in [-0.25, -0.2) is 0 Å². The van der Waals surface area contributed by atoms with Crippen molar-refractivity contribution in [2.24, 2.45) is 0 Å². The van der Waals surface area contributed by atoms with Crippen LogP contribution in [-0.2, 0) is 17.1 Å². The number of halogens is 1. The minimum absolute atomic E-state index is 0.0423. The third-order valence-corrected chi connectivity index (χ3v) is 4.41. The molecule has 0 radical (unpaired) electrons. The van der Waals surface area contributed by atoms with Crippen molar-refractivity contribution in [1.82, 2.24) is 5.32 Å². The Balaban J connectivity index is 1.77. The first-order chi connectivity index (χ1) is 10.7. The second-order valence-electron chi connectivity index (χ2n) is 4.63. The Morgan fingerprint density at radius 3 is 2.55 bits per heavy atom. The molecule has 5 heteroatoms. The average Bonchev–Trinajstić information content (AvgIpc) is 2.54. The molecule has 1 N–H and O–H groups in total. The van der Waals surface area contributed by atoms with Crippen LogP contribution < -0.4 is 5.32 Å². The van der Waals surface area contributed by atoms with E-state index in [1.165, 1.54) is 11.8 Å². The summed E-state index contributed by atoms with van der Waals surface area (Å²) in [6.07, 6.45) is 0. The molecule has 0 unspecified atom stereocenters. The maximum atomic E-state index is 11.8. The highest BCUT2D eigenvalue weighted by molar-refractivity contribution is 7.99. The van der Waals surface area contributed by atoms with Crippen molar-refractivity contribution in [2.45, 2.75) is 12.3 Å². The highest BCUT2D eigenvalue weighted by Crippen LogP contribution is 2.16. The number of amides is 1. The zero-order chi connectivity index (χ0) is 15.8. The number of nitriles is 1. The highest BCUT2D eigenvalue weighted by atomic mass is 35.5. The van der Waals surface area contributed by atoms with Gasteiger partial charge in [-0.2, -0.15) is 5.26 Å². The summed E-state index contributed by atoms with van der Waals surface area (Å²) in [7, 11) is 0. The summed E-state index contributed by atoms with van der Waals surface area (Å²) >= 11 is 7.53. The smallest absolute Gasteiger partial charge is 0.230 e. The topological polar surface area (TPSA) is 52.9 Å². The molecule has 0 bridgehead atoms. The van der Waals surface area contributed by atoms with Gasteiger partial charge in [0.1, 0.15) is 0 Å². The van der Waals surface area contributed by atoms with Gasteiger partial charge in [0.05, 0.1) is 17.4 Å². The maximum absolute atomic E-state index is 11.8. The predicted octanol–water partition coefficient (Wildman–Crippen LogP) is 3.76. The number of hydrogen-bond acceptors (Lipinski definition) is 3. The summed E-state index contributed by atoms with van der Waals surface area (Å²) in [5, 5.41) is 12.5. The molecule has 2 aromatic carbocycles. The lowest BCUT2D eigenvalue weighted by Crippen LogP contribution is -2.24. The van der Waals surface area contributed by atoms with E-state index >= 15 is 0 Å². The van der Waals surface area contributed by atoms with Gasteiger partial charge in [0.2, 0.25) is 5.91 Å². The van der Waals surface area contributed by atoms with Crippen molar-refractivity contribution in [2.75, 3.05) is 5.75 Å². The van der Waals surface area contributed by atoms with Gasteiger partial charge in [0, 0.05) is 17.3 Å². The van der Waals surface area contributed by atoms with Crippen LogP contribution in [0.5, 0.6) is 0 Å². The molecule has 0 spiro atoms. The second-order valence-corrected chi connectivity index (χ2v) is 6.02. The van der Waals surface area contributed by atoms with E-state index in [1.807, 2.05) is 36.4 Å². The predicted molar refractivity (Wildman–Crippen MR) is 90.6 cm³/mol. The first-order valence-corrected chi connectivity index (χ1v) is 8.30. The molecular weight excluding hydrogens is 316 g/mol. The van der Waals surface area contributed by atoms with E-state index in [1.54, 1.807) is 12.1 Å².